The Kier molecular flexibility index (Phi) is 2.35. The number of aryl methyl sites for hydroxylation is 1. The maximum absolute atomic E-state index is 8.90. The van der Waals surface area contributed by atoms with Crippen molar-refractivity contribution in [3.05, 3.63) is 28.9 Å². The van der Waals surface area contributed by atoms with Crippen LogP contribution in [0.1, 0.15) is 11.3 Å². The van der Waals surface area contributed by atoms with E-state index in [4.69, 9.17) is 16.9 Å². The number of nitrogens with one attached hydrogen (secondary N) is 1. The lowest BCUT2D eigenvalue weighted by atomic mass is 10.1. The predicted molar refractivity (Wildman–Crippen MR) is 54.1 cm³/mol. The molecule has 0 saturated carbocycles. The molecule has 0 fully saturated rings. The maximum atomic E-state index is 8.90. The minimum atomic E-state index is 0.115. The Balaban J connectivity index is 2.67. The molecule has 0 radical (unpaired) electrons. The number of hydrogen-bond donors (Lipinski definition) is 1. The van der Waals surface area contributed by atoms with Gasteiger partial charge >= 0.3 is 0 Å². The summed E-state index contributed by atoms with van der Waals surface area (Å²) < 4.78 is 0. The van der Waals surface area contributed by atoms with Crippen LogP contribution in [0, 0.1) is 18.3 Å². The molecule has 1 N–H and O–H groups in total. The van der Waals surface area contributed by atoms with Gasteiger partial charge in [-0.2, -0.15) is 10.4 Å². The maximum Gasteiger partial charge on any atom is 0.222 e. The summed E-state index contributed by atoms with van der Waals surface area (Å²) >= 11 is 5.68. The first-order valence-electron chi connectivity index (χ1n) is 4.15. The van der Waals surface area contributed by atoms with Gasteiger partial charge in [0.25, 0.3) is 0 Å². The zero-order valence-electron chi connectivity index (χ0n) is 7.82. The van der Waals surface area contributed by atoms with Crippen molar-refractivity contribution in [1.29, 1.82) is 5.26 Å². The van der Waals surface area contributed by atoms with Gasteiger partial charge in [-0.1, -0.05) is 0 Å². The van der Waals surface area contributed by atoms with E-state index in [1.807, 2.05) is 13.0 Å². The van der Waals surface area contributed by atoms with Gasteiger partial charge in [-0.3, -0.25) is 5.10 Å². The lowest BCUT2D eigenvalue weighted by Gasteiger charge is -2.00. The Labute approximate surface area is 90.8 Å². The second-order valence-corrected chi connectivity index (χ2v) is 3.26. The Morgan fingerprint density at radius 2 is 2.27 bits per heavy atom. The van der Waals surface area contributed by atoms with Crippen molar-refractivity contribution in [2.24, 2.45) is 0 Å². The molecule has 74 valence electrons. The Hall–Kier alpha value is -1.93. The Morgan fingerprint density at radius 3 is 2.87 bits per heavy atom. The van der Waals surface area contributed by atoms with Gasteiger partial charge in [0.2, 0.25) is 5.28 Å². The second-order valence-electron chi connectivity index (χ2n) is 2.92. The highest BCUT2D eigenvalue weighted by atomic mass is 35.5. The lowest BCUT2D eigenvalue weighted by molar-refractivity contribution is 1.05. The number of aromatic amines is 1. The first-order chi connectivity index (χ1) is 7.22. The van der Waals surface area contributed by atoms with E-state index >= 15 is 0 Å². The van der Waals surface area contributed by atoms with Crippen molar-refractivity contribution in [3.63, 3.8) is 0 Å². The summed E-state index contributed by atoms with van der Waals surface area (Å²) in [6.07, 6.45) is 3.01. The molecule has 2 aromatic heterocycles. The average Bonchev–Trinajstić information content (AvgIpc) is 2.64. The molecular formula is C9H6ClN5. The highest BCUT2D eigenvalue weighted by Crippen LogP contribution is 2.23. The summed E-state index contributed by atoms with van der Waals surface area (Å²) in [5.41, 5.74) is 2.48. The monoisotopic (exact) mass is 219 g/mol. The normalized spacial score (nSPS) is 9.93. The van der Waals surface area contributed by atoms with E-state index in [1.165, 1.54) is 6.20 Å². The molecule has 2 heterocycles. The van der Waals surface area contributed by atoms with Gasteiger partial charge in [0.05, 0.1) is 23.7 Å². The van der Waals surface area contributed by atoms with Crippen LogP contribution in [-0.4, -0.2) is 20.2 Å². The fourth-order valence-corrected chi connectivity index (χ4v) is 1.37. The van der Waals surface area contributed by atoms with Gasteiger partial charge in [-0.05, 0) is 18.5 Å². The van der Waals surface area contributed by atoms with Crippen LogP contribution in [0.3, 0.4) is 0 Å². The number of nitriles is 1. The van der Waals surface area contributed by atoms with Crippen LogP contribution in [-0.2, 0) is 0 Å². The molecule has 0 aliphatic heterocycles. The number of aromatic nitrogens is 4. The third-order valence-corrected chi connectivity index (χ3v) is 2.15. The van der Waals surface area contributed by atoms with E-state index in [9.17, 15) is 0 Å². The van der Waals surface area contributed by atoms with Crippen molar-refractivity contribution < 1.29 is 0 Å². The molecule has 0 unspecified atom stereocenters. The van der Waals surface area contributed by atoms with E-state index in [-0.39, 0.29) is 5.28 Å². The minimum Gasteiger partial charge on any atom is -0.282 e. The molecule has 0 atom stereocenters. The number of H-pyrrole nitrogens is 1. The number of hydrogen-bond acceptors (Lipinski definition) is 4. The Morgan fingerprint density at radius 1 is 1.47 bits per heavy atom. The van der Waals surface area contributed by atoms with Crippen LogP contribution in [0.25, 0.3) is 11.3 Å². The van der Waals surface area contributed by atoms with Crippen molar-refractivity contribution in [3.8, 4) is 17.3 Å². The van der Waals surface area contributed by atoms with E-state index in [1.54, 1.807) is 6.20 Å². The van der Waals surface area contributed by atoms with E-state index < -0.39 is 0 Å². The summed E-state index contributed by atoms with van der Waals surface area (Å²) in [5, 5.41) is 15.7. The molecule has 0 spiro atoms. The summed E-state index contributed by atoms with van der Waals surface area (Å²) in [7, 11) is 0. The van der Waals surface area contributed by atoms with Gasteiger partial charge in [0.15, 0.2) is 0 Å². The van der Waals surface area contributed by atoms with E-state index in [0.29, 0.717) is 11.3 Å². The van der Waals surface area contributed by atoms with Gasteiger partial charge in [0.1, 0.15) is 6.07 Å². The number of halogens is 1. The van der Waals surface area contributed by atoms with Crippen molar-refractivity contribution in [2.45, 2.75) is 6.92 Å². The number of rotatable bonds is 1. The van der Waals surface area contributed by atoms with Gasteiger partial charge in [0, 0.05) is 11.3 Å². The van der Waals surface area contributed by atoms with Crippen LogP contribution in [0.5, 0.6) is 0 Å². The van der Waals surface area contributed by atoms with Crippen LogP contribution in [0.4, 0.5) is 0 Å². The molecule has 6 heteroatoms. The summed E-state index contributed by atoms with van der Waals surface area (Å²) in [4.78, 5) is 7.77. The van der Waals surface area contributed by atoms with Crippen LogP contribution in [0.2, 0.25) is 5.28 Å². The summed E-state index contributed by atoms with van der Waals surface area (Å²) in [6.45, 7) is 1.85. The predicted octanol–water partition coefficient (Wildman–Crippen LogP) is 1.70. The van der Waals surface area contributed by atoms with Crippen molar-refractivity contribution in [2.75, 3.05) is 0 Å². The standard InChI is InChI=1S/C9H6ClN5/c1-5-7(4-13-15-5)8-6(2-11)3-12-9(10)14-8/h3-4H,1H3,(H,13,15). The third-order valence-electron chi connectivity index (χ3n) is 1.96. The fourth-order valence-electron chi connectivity index (χ4n) is 1.24. The molecule has 2 aromatic rings. The molecular weight excluding hydrogens is 214 g/mol. The molecule has 0 aromatic carbocycles. The first-order valence-corrected chi connectivity index (χ1v) is 4.53. The SMILES string of the molecule is Cc1[nH]ncc1-c1nc(Cl)ncc1C#N. The highest BCUT2D eigenvalue weighted by molar-refractivity contribution is 6.28. The van der Waals surface area contributed by atoms with Crippen LogP contribution in [0.15, 0.2) is 12.4 Å². The zero-order valence-corrected chi connectivity index (χ0v) is 8.58. The summed E-state index contributed by atoms with van der Waals surface area (Å²) in [6, 6.07) is 2.01. The van der Waals surface area contributed by atoms with Gasteiger partial charge < -0.3 is 0 Å². The van der Waals surface area contributed by atoms with Crippen molar-refractivity contribution >= 4 is 11.6 Å². The molecule has 0 aliphatic carbocycles. The van der Waals surface area contributed by atoms with Gasteiger partial charge in [-0.25, -0.2) is 9.97 Å². The van der Waals surface area contributed by atoms with Crippen molar-refractivity contribution in [1.82, 2.24) is 20.2 Å². The largest absolute Gasteiger partial charge is 0.282 e. The molecule has 0 aliphatic rings. The molecule has 0 amide bonds. The molecule has 15 heavy (non-hydrogen) atoms. The molecule has 5 nitrogen and oxygen atoms in total. The topological polar surface area (TPSA) is 78.2 Å². The molecule has 2 rings (SSSR count). The third kappa shape index (κ3) is 1.67. The summed E-state index contributed by atoms with van der Waals surface area (Å²) in [5.74, 6) is 0. The highest BCUT2D eigenvalue weighted by Gasteiger charge is 2.12. The zero-order chi connectivity index (χ0) is 10.8. The van der Waals surface area contributed by atoms with E-state index in [2.05, 4.69) is 20.2 Å². The molecule has 0 bridgehead atoms. The fraction of sp³-hybridized carbons (Fsp3) is 0.111. The van der Waals surface area contributed by atoms with E-state index in [0.717, 1.165) is 11.3 Å². The molecule has 0 saturated heterocycles. The smallest absolute Gasteiger partial charge is 0.222 e. The minimum absolute atomic E-state index is 0.115. The second kappa shape index (κ2) is 3.67. The quantitative estimate of drug-likeness (QED) is 0.741. The van der Waals surface area contributed by atoms with Crippen LogP contribution < -0.4 is 0 Å². The lowest BCUT2D eigenvalue weighted by Crippen LogP contribution is -1.92. The van der Waals surface area contributed by atoms with Gasteiger partial charge in [-0.15, -0.1) is 0 Å². The van der Waals surface area contributed by atoms with Crippen LogP contribution >= 0.6 is 11.6 Å². The Bertz CT molecular complexity index is 540. The first kappa shape index (κ1) is 9.62. The average molecular weight is 220 g/mol. The number of nitrogens with zero attached hydrogens (tertiary/aromatic N) is 4.